The van der Waals surface area contributed by atoms with Gasteiger partial charge in [0.25, 0.3) is 0 Å². The van der Waals surface area contributed by atoms with Crippen LogP contribution >= 0.6 is 0 Å². The number of aromatic nitrogens is 1. The van der Waals surface area contributed by atoms with Gasteiger partial charge in [0.2, 0.25) is 0 Å². The van der Waals surface area contributed by atoms with Crippen LogP contribution < -0.4 is 10.6 Å². The summed E-state index contributed by atoms with van der Waals surface area (Å²) in [6, 6.07) is 12.4. The van der Waals surface area contributed by atoms with E-state index in [0.717, 1.165) is 32.0 Å². The van der Waals surface area contributed by atoms with Gasteiger partial charge in [0, 0.05) is 26.2 Å². The van der Waals surface area contributed by atoms with Gasteiger partial charge in [0.1, 0.15) is 17.6 Å². The SMILES string of the molecule is Cc1ccccc1Cn1c(C#N)cc(N)c1N1CCN(C)CC1. The van der Waals surface area contributed by atoms with Gasteiger partial charge >= 0.3 is 0 Å². The van der Waals surface area contributed by atoms with Crippen molar-refractivity contribution in [3.8, 4) is 6.07 Å². The van der Waals surface area contributed by atoms with Gasteiger partial charge in [-0.2, -0.15) is 5.26 Å². The smallest absolute Gasteiger partial charge is 0.133 e. The van der Waals surface area contributed by atoms with E-state index < -0.39 is 0 Å². The minimum Gasteiger partial charge on any atom is -0.396 e. The minimum absolute atomic E-state index is 0.625. The van der Waals surface area contributed by atoms with Crippen molar-refractivity contribution in [2.45, 2.75) is 13.5 Å². The molecular weight excluding hydrogens is 286 g/mol. The second-order valence-electron chi connectivity index (χ2n) is 6.22. The number of aryl methyl sites for hydroxylation is 1. The summed E-state index contributed by atoms with van der Waals surface area (Å²) in [6.07, 6.45) is 0. The fraction of sp³-hybridized carbons (Fsp3) is 0.389. The number of nitrogen functional groups attached to an aromatic ring is 1. The Hall–Kier alpha value is -2.45. The van der Waals surface area contributed by atoms with Crippen molar-refractivity contribution in [3.63, 3.8) is 0 Å². The third-order valence-corrected chi connectivity index (χ3v) is 4.60. The lowest BCUT2D eigenvalue weighted by atomic mass is 10.1. The van der Waals surface area contributed by atoms with Gasteiger partial charge < -0.3 is 20.1 Å². The van der Waals surface area contributed by atoms with Crippen molar-refractivity contribution in [2.24, 2.45) is 0 Å². The average Bonchev–Trinajstić information content (AvgIpc) is 2.86. The van der Waals surface area contributed by atoms with Crippen molar-refractivity contribution in [2.75, 3.05) is 43.9 Å². The van der Waals surface area contributed by atoms with Crippen LogP contribution in [0.5, 0.6) is 0 Å². The van der Waals surface area contributed by atoms with E-state index in [1.165, 1.54) is 11.1 Å². The fourth-order valence-electron chi connectivity index (χ4n) is 3.14. The Bertz CT molecular complexity index is 732. The monoisotopic (exact) mass is 309 g/mol. The van der Waals surface area contributed by atoms with E-state index in [1.807, 2.05) is 12.1 Å². The first-order valence-electron chi connectivity index (χ1n) is 7.97. The molecule has 2 aromatic rings. The van der Waals surface area contributed by atoms with Crippen molar-refractivity contribution in [3.05, 3.63) is 47.2 Å². The van der Waals surface area contributed by atoms with Crippen molar-refractivity contribution in [1.82, 2.24) is 9.47 Å². The molecule has 0 bridgehead atoms. The molecule has 2 N–H and O–H groups in total. The molecule has 1 aromatic heterocycles. The summed E-state index contributed by atoms with van der Waals surface area (Å²) in [4.78, 5) is 4.61. The molecule has 1 aliphatic heterocycles. The van der Waals surface area contributed by atoms with Crippen LogP contribution in [0.25, 0.3) is 0 Å². The van der Waals surface area contributed by atoms with Crippen LogP contribution in [0.2, 0.25) is 0 Å². The number of hydrogen-bond donors (Lipinski definition) is 1. The fourth-order valence-corrected chi connectivity index (χ4v) is 3.14. The molecular formula is C18H23N5. The minimum atomic E-state index is 0.625. The van der Waals surface area contributed by atoms with Gasteiger partial charge in [-0.3, -0.25) is 0 Å². The van der Waals surface area contributed by atoms with Crippen LogP contribution in [0.15, 0.2) is 30.3 Å². The summed E-state index contributed by atoms with van der Waals surface area (Å²) in [6.45, 7) is 6.67. The van der Waals surface area contributed by atoms with Gasteiger partial charge in [-0.1, -0.05) is 24.3 Å². The molecule has 5 nitrogen and oxygen atoms in total. The molecule has 0 aliphatic carbocycles. The Morgan fingerprint density at radius 3 is 2.52 bits per heavy atom. The van der Waals surface area contributed by atoms with Crippen molar-refractivity contribution >= 4 is 11.5 Å². The molecule has 3 rings (SSSR count). The van der Waals surface area contributed by atoms with Crippen LogP contribution in [0.1, 0.15) is 16.8 Å². The zero-order valence-electron chi connectivity index (χ0n) is 13.8. The number of nitriles is 1. The predicted octanol–water partition coefficient (Wildman–Crippen LogP) is 2.05. The normalized spacial score (nSPS) is 15.6. The molecule has 1 fully saturated rings. The van der Waals surface area contributed by atoms with Gasteiger partial charge in [-0.15, -0.1) is 0 Å². The van der Waals surface area contributed by atoms with Crippen LogP contribution in [0.3, 0.4) is 0 Å². The standard InChI is InChI=1S/C18H23N5/c1-14-5-3-4-6-15(14)13-23-16(12-19)11-17(20)18(23)22-9-7-21(2)8-10-22/h3-6,11H,7-10,13,20H2,1-2H3. The molecule has 120 valence electrons. The second kappa shape index (κ2) is 6.35. The van der Waals surface area contributed by atoms with E-state index in [2.05, 4.69) is 46.5 Å². The largest absolute Gasteiger partial charge is 0.396 e. The van der Waals surface area contributed by atoms with Gasteiger partial charge in [-0.05, 0) is 31.2 Å². The summed E-state index contributed by atoms with van der Waals surface area (Å²) in [5, 5.41) is 9.49. The molecule has 0 saturated carbocycles. The van der Waals surface area contributed by atoms with E-state index >= 15 is 0 Å². The van der Waals surface area contributed by atoms with Gasteiger partial charge in [-0.25, -0.2) is 0 Å². The summed E-state index contributed by atoms with van der Waals surface area (Å²) in [7, 11) is 2.13. The number of likely N-dealkylation sites (N-methyl/N-ethyl adjacent to an activating group) is 1. The van der Waals surface area contributed by atoms with Crippen LogP contribution in [-0.4, -0.2) is 42.7 Å². The summed E-state index contributed by atoms with van der Waals surface area (Å²) in [5.41, 5.74) is 10.0. The van der Waals surface area contributed by atoms with Crippen LogP contribution in [0.4, 0.5) is 11.5 Å². The Morgan fingerprint density at radius 2 is 1.87 bits per heavy atom. The number of nitrogens with zero attached hydrogens (tertiary/aromatic N) is 4. The Balaban J connectivity index is 1.98. The third kappa shape index (κ3) is 3.03. The molecule has 1 aliphatic rings. The highest BCUT2D eigenvalue weighted by atomic mass is 15.3. The predicted molar refractivity (Wildman–Crippen MR) is 93.6 cm³/mol. The number of benzene rings is 1. The molecule has 0 radical (unpaired) electrons. The molecule has 0 atom stereocenters. The van der Waals surface area contributed by atoms with Gasteiger partial charge in [0.15, 0.2) is 0 Å². The van der Waals surface area contributed by atoms with E-state index in [1.54, 1.807) is 6.07 Å². The zero-order valence-corrected chi connectivity index (χ0v) is 13.8. The number of hydrogen-bond acceptors (Lipinski definition) is 4. The first kappa shape index (κ1) is 15.4. The van der Waals surface area contributed by atoms with Crippen LogP contribution in [0, 0.1) is 18.3 Å². The number of anilines is 2. The van der Waals surface area contributed by atoms with Crippen molar-refractivity contribution in [1.29, 1.82) is 5.26 Å². The number of piperazine rings is 1. The molecule has 1 saturated heterocycles. The summed E-state index contributed by atoms with van der Waals surface area (Å²) in [5.74, 6) is 0.984. The molecule has 5 heteroatoms. The Labute approximate surface area is 137 Å². The molecule has 1 aromatic carbocycles. The molecule has 0 amide bonds. The Kier molecular flexibility index (Phi) is 4.26. The summed E-state index contributed by atoms with van der Waals surface area (Å²) >= 11 is 0. The number of rotatable bonds is 3. The van der Waals surface area contributed by atoms with Crippen molar-refractivity contribution < 1.29 is 0 Å². The first-order valence-corrected chi connectivity index (χ1v) is 7.97. The maximum absolute atomic E-state index is 9.49. The molecule has 0 spiro atoms. The molecule has 23 heavy (non-hydrogen) atoms. The van der Waals surface area contributed by atoms with E-state index in [4.69, 9.17) is 5.73 Å². The maximum atomic E-state index is 9.49. The highest BCUT2D eigenvalue weighted by Gasteiger charge is 2.22. The van der Waals surface area contributed by atoms with E-state index in [0.29, 0.717) is 17.9 Å². The first-order chi connectivity index (χ1) is 11.1. The Morgan fingerprint density at radius 1 is 1.17 bits per heavy atom. The lowest BCUT2D eigenvalue weighted by Gasteiger charge is -2.35. The highest BCUT2D eigenvalue weighted by Crippen LogP contribution is 2.30. The molecule has 0 unspecified atom stereocenters. The third-order valence-electron chi connectivity index (χ3n) is 4.60. The zero-order chi connectivity index (χ0) is 16.4. The lowest BCUT2D eigenvalue weighted by Crippen LogP contribution is -2.45. The maximum Gasteiger partial charge on any atom is 0.133 e. The van der Waals surface area contributed by atoms with E-state index in [-0.39, 0.29) is 0 Å². The highest BCUT2D eigenvalue weighted by molar-refractivity contribution is 5.68. The second-order valence-corrected chi connectivity index (χ2v) is 6.22. The topological polar surface area (TPSA) is 61.2 Å². The van der Waals surface area contributed by atoms with Crippen LogP contribution in [-0.2, 0) is 6.54 Å². The van der Waals surface area contributed by atoms with Gasteiger partial charge in [0.05, 0.1) is 12.2 Å². The number of nitrogens with two attached hydrogens (primary N) is 1. The van der Waals surface area contributed by atoms with E-state index in [9.17, 15) is 5.26 Å². The average molecular weight is 309 g/mol. The lowest BCUT2D eigenvalue weighted by molar-refractivity contribution is 0.311. The molecule has 2 heterocycles. The quantitative estimate of drug-likeness (QED) is 0.942. The summed E-state index contributed by atoms with van der Waals surface area (Å²) < 4.78 is 2.06.